The van der Waals surface area contributed by atoms with Crippen LogP contribution in [-0.4, -0.2) is 40.1 Å². The summed E-state index contributed by atoms with van der Waals surface area (Å²) in [6.07, 6.45) is 9.47. The van der Waals surface area contributed by atoms with Crippen molar-refractivity contribution in [2.24, 2.45) is 17.8 Å². The molecule has 2 bridgehead atoms. The molecule has 104 valence electrons. The fraction of sp³-hybridized carbons (Fsp3) is 0.867. The summed E-state index contributed by atoms with van der Waals surface area (Å²) in [4.78, 5) is 0. The number of methoxy groups -OCH3 is 1. The minimum Gasteiger partial charge on any atom is -0.385 e. The Morgan fingerprint density at radius 2 is 1.72 bits per heavy atom. The first-order chi connectivity index (χ1) is 8.90. The van der Waals surface area contributed by atoms with Crippen LogP contribution in [0.5, 0.6) is 0 Å². The quantitative estimate of drug-likeness (QED) is 0.443. The molecule has 3 atom stereocenters. The van der Waals surface area contributed by atoms with E-state index < -0.39 is 0 Å². The first-order valence-electron chi connectivity index (χ1n) is 7.23. The first kappa shape index (κ1) is 14.0. The summed E-state index contributed by atoms with van der Waals surface area (Å²) in [5.41, 5.74) is 0. The van der Waals surface area contributed by atoms with Crippen molar-refractivity contribution >= 4 is 0 Å². The van der Waals surface area contributed by atoms with Crippen LogP contribution in [0.4, 0.5) is 0 Å². The van der Waals surface area contributed by atoms with Crippen molar-refractivity contribution in [1.82, 2.24) is 0 Å². The van der Waals surface area contributed by atoms with E-state index in [1.807, 2.05) is 0 Å². The molecule has 0 saturated heterocycles. The third-order valence-electron chi connectivity index (χ3n) is 3.96. The molecule has 3 unspecified atom stereocenters. The minimum atomic E-state index is 0.780. The standard InChI is InChI=1S/C15H26O3/c1-16-6-2-7-17-8-3-9-18-12-15-11-13-4-5-14(15)10-13/h4-5,13-15H,2-3,6-12H2,1H3. The summed E-state index contributed by atoms with van der Waals surface area (Å²) in [5.74, 6) is 2.44. The SMILES string of the molecule is COCCCOCCCOCC1CC2C=CC1C2. The van der Waals surface area contributed by atoms with Crippen molar-refractivity contribution in [3.05, 3.63) is 12.2 Å². The molecule has 1 fully saturated rings. The topological polar surface area (TPSA) is 27.7 Å². The van der Waals surface area contributed by atoms with E-state index in [0.29, 0.717) is 0 Å². The van der Waals surface area contributed by atoms with Gasteiger partial charge in [-0.05, 0) is 43.4 Å². The van der Waals surface area contributed by atoms with Crippen molar-refractivity contribution in [3.8, 4) is 0 Å². The summed E-state index contributed by atoms with van der Waals surface area (Å²) < 4.78 is 16.2. The zero-order valence-electron chi connectivity index (χ0n) is 11.5. The van der Waals surface area contributed by atoms with Crippen LogP contribution in [0, 0.1) is 17.8 Å². The Morgan fingerprint density at radius 1 is 0.944 bits per heavy atom. The van der Waals surface area contributed by atoms with Crippen LogP contribution in [0.2, 0.25) is 0 Å². The molecule has 0 radical (unpaired) electrons. The molecule has 0 aliphatic heterocycles. The van der Waals surface area contributed by atoms with Crippen LogP contribution in [0.25, 0.3) is 0 Å². The highest BCUT2D eigenvalue weighted by molar-refractivity contribution is 5.09. The average Bonchev–Trinajstić information content (AvgIpc) is 2.99. The summed E-state index contributed by atoms with van der Waals surface area (Å²) >= 11 is 0. The monoisotopic (exact) mass is 254 g/mol. The van der Waals surface area contributed by atoms with Gasteiger partial charge in [0.05, 0.1) is 0 Å². The van der Waals surface area contributed by atoms with Crippen LogP contribution in [0.1, 0.15) is 25.7 Å². The maximum Gasteiger partial charge on any atom is 0.0500 e. The molecule has 2 aliphatic carbocycles. The summed E-state index contributed by atoms with van der Waals surface area (Å²) in [6, 6.07) is 0. The van der Waals surface area contributed by atoms with Gasteiger partial charge in [0.15, 0.2) is 0 Å². The van der Waals surface area contributed by atoms with Gasteiger partial charge in [-0.1, -0.05) is 12.2 Å². The van der Waals surface area contributed by atoms with Crippen molar-refractivity contribution in [2.45, 2.75) is 25.7 Å². The fourth-order valence-corrected chi connectivity index (χ4v) is 2.99. The molecule has 2 rings (SSSR count). The van der Waals surface area contributed by atoms with Gasteiger partial charge in [0.25, 0.3) is 0 Å². The summed E-state index contributed by atoms with van der Waals surface area (Å²) in [6.45, 7) is 4.16. The Bertz CT molecular complexity index is 252. The lowest BCUT2D eigenvalue weighted by atomic mass is 9.95. The number of rotatable bonds is 10. The average molecular weight is 254 g/mol. The van der Waals surface area contributed by atoms with Gasteiger partial charge in [-0.2, -0.15) is 0 Å². The molecular weight excluding hydrogens is 228 g/mol. The van der Waals surface area contributed by atoms with Crippen LogP contribution < -0.4 is 0 Å². The van der Waals surface area contributed by atoms with Crippen molar-refractivity contribution in [1.29, 1.82) is 0 Å². The largest absolute Gasteiger partial charge is 0.385 e. The molecule has 0 heterocycles. The highest BCUT2D eigenvalue weighted by Gasteiger charge is 2.35. The number of ether oxygens (including phenoxy) is 3. The van der Waals surface area contributed by atoms with Gasteiger partial charge >= 0.3 is 0 Å². The molecule has 0 N–H and O–H groups in total. The van der Waals surface area contributed by atoms with E-state index in [4.69, 9.17) is 14.2 Å². The molecule has 0 amide bonds. The first-order valence-corrected chi connectivity index (χ1v) is 7.23. The predicted molar refractivity (Wildman–Crippen MR) is 71.6 cm³/mol. The summed E-state index contributed by atoms with van der Waals surface area (Å²) in [5, 5.41) is 0. The molecule has 3 nitrogen and oxygen atoms in total. The zero-order chi connectivity index (χ0) is 12.6. The molecule has 0 spiro atoms. The number of fused-ring (bicyclic) bond motifs is 2. The Hall–Kier alpha value is -0.380. The van der Waals surface area contributed by atoms with Crippen molar-refractivity contribution < 1.29 is 14.2 Å². The van der Waals surface area contributed by atoms with Crippen LogP contribution in [-0.2, 0) is 14.2 Å². The van der Waals surface area contributed by atoms with E-state index in [2.05, 4.69) is 12.2 Å². The maximum atomic E-state index is 5.76. The molecular formula is C15H26O3. The second-order valence-electron chi connectivity index (χ2n) is 5.43. The normalized spacial score (nSPS) is 29.3. The number of hydrogen-bond acceptors (Lipinski definition) is 3. The van der Waals surface area contributed by atoms with E-state index in [9.17, 15) is 0 Å². The van der Waals surface area contributed by atoms with Crippen LogP contribution >= 0.6 is 0 Å². The third kappa shape index (κ3) is 4.38. The van der Waals surface area contributed by atoms with E-state index in [1.165, 1.54) is 12.8 Å². The van der Waals surface area contributed by atoms with E-state index in [0.717, 1.165) is 63.6 Å². The molecule has 1 saturated carbocycles. The molecule has 18 heavy (non-hydrogen) atoms. The second kappa shape index (κ2) is 7.93. The van der Waals surface area contributed by atoms with Gasteiger partial charge in [-0.15, -0.1) is 0 Å². The zero-order valence-corrected chi connectivity index (χ0v) is 11.5. The minimum absolute atomic E-state index is 0.780. The molecule has 0 aromatic rings. The van der Waals surface area contributed by atoms with Gasteiger partial charge in [0, 0.05) is 40.1 Å². The summed E-state index contributed by atoms with van der Waals surface area (Å²) in [7, 11) is 1.72. The van der Waals surface area contributed by atoms with E-state index in [-0.39, 0.29) is 0 Å². The van der Waals surface area contributed by atoms with Gasteiger partial charge in [0.1, 0.15) is 0 Å². The Kier molecular flexibility index (Phi) is 6.18. The fourth-order valence-electron chi connectivity index (χ4n) is 2.99. The molecule has 3 heteroatoms. The van der Waals surface area contributed by atoms with Crippen LogP contribution in [0.15, 0.2) is 12.2 Å². The Morgan fingerprint density at radius 3 is 2.39 bits per heavy atom. The van der Waals surface area contributed by atoms with Crippen LogP contribution in [0.3, 0.4) is 0 Å². The number of allylic oxidation sites excluding steroid dienone is 2. The molecule has 2 aliphatic rings. The van der Waals surface area contributed by atoms with Gasteiger partial charge < -0.3 is 14.2 Å². The van der Waals surface area contributed by atoms with Gasteiger partial charge in [0.2, 0.25) is 0 Å². The highest BCUT2D eigenvalue weighted by Crippen LogP contribution is 2.43. The molecule has 0 aromatic carbocycles. The number of hydrogen-bond donors (Lipinski definition) is 0. The second-order valence-corrected chi connectivity index (χ2v) is 5.43. The lowest BCUT2D eigenvalue weighted by Gasteiger charge is -2.17. The smallest absolute Gasteiger partial charge is 0.0500 e. The van der Waals surface area contributed by atoms with Gasteiger partial charge in [-0.3, -0.25) is 0 Å². The maximum absolute atomic E-state index is 5.76. The predicted octanol–water partition coefficient (Wildman–Crippen LogP) is 2.66. The van der Waals surface area contributed by atoms with Crippen molar-refractivity contribution in [3.63, 3.8) is 0 Å². The Balaban J connectivity index is 1.37. The Labute approximate surface area is 110 Å². The van der Waals surface area contributed by atoms with Gasteiger partial charge in [-0.25, -0.2) is 0 Å². The highest BCUT2D eigenvalue weighted by atomic mass is 16.5. The van der Waals surface area contributed by atoms with E-state index >= 15 is 0 Å². The lowest BCUT2D eigenvalue weighted by Crippen LogP contribution is -2.15. The third-order valence-corrected chi connectivity index (χ3v) is 3.96. The van der Waals surface area contributed by atoms with Crippen molar-refractivity contribution in [2.75, 3.05) is 40.1 Å². The van der Waals surface area contributed by atoms with E-state index in [1.54, 1.807) is 7.11 Å². The lowest BCUT2D eigenvalue weighted by molar-refractivity contribution is 0.0555. The molecule has 0 aromatic heterocycles.